The molecule has 2 aromatic carbocycles. The van der Waals surface area contributed by atoms with Crippen LogP contribution >= 0.6 is 0 Å². The smallest absolute Gasteiger partial charge is 0.225 e. The highest BCUT2D eigenvalue weighted by Gasteiger charge is 2.27. The van der Waals surface area contributed by atoms with E-state index in [0.717, 1.165) is 37.0 Å². The minimum atomic E-state index is 0.0600. The van der Waals surface area contributed by atoms with Gasteiger partial charge in [0, 0.05) is 43.7 Å². The number of rotatable bonds is 7. The van der Waals surface area contributed by atoms with Crippen LogP contribution in [0.15, 0.2) is 53.5 Å². The number of aliphatic imine (C=N–C) groups is 1. The van der Waals surface area contributed by atoms with Crippen molar-refractivity contribution in [3.8, 4) is 5.75 Å². The number of carbonyl (C=O) groups is 1. The third-order valence-electron chi connectivity index (χ3n) is 6.64. The van der Waals surface area contributed by atoms with Crippen molar-refractivity contribution in [3.05, 3.63) is 59.7 Å². The lowest BCUT2D eigenvalue weighted by Crippen LogP contribution is -2.45. The third kappa shape index (κ3) is 5.66. The van der Waals surface area contributed by atoms with E-state index in [0.29, 0.717) is 13.0 Å². The molecular weight excluding hydrogens is 414 g/mol. The summed E-state index contributed by atoms with van der Waals surface area (Å²) in [4.78, 5) is 19.1. The summed E-state index contributed by atoms with van der Waals surface area (Å²) in [6.07, 6.45) is 4.21. The average Bonchev–Trinajstić information content (AvgIpc) is 2.86. The summed E-state index contributed by atoms with van der Waals surface area (Å²) in [6.45, 7) is 3.55. The van der Waals surface area contributed by atoms with Gasteiger partial charge in [-0.25, -0.2) is 0 Å². The number of benzene rings is 2. The topological polar surface area (TPSA) is 78.0 Å². The van der Waals surface area contributed by atoms with Gasteiger partial charge in [-0.3, -0.25) is 14.7 Å². The molecule has 176 valence electrons. The van der Waals surface area contributed by atoms with E-state index in [1.165, 1.54) is 30.4 Å². The molecule has 2 aliphatic heterocycles. The van der Waals surface area contributed by atoms with Gasteiger partial charge >= 0.3 is 0 Å². The second-order valence-corrected chi connectivity index (χ2v) is 8.72. The van der Waals surface area contributed by atoms with Gasteiger partial charge in [-0.2, -0.15) is 0 Å². The number of likely N-dealkylation sites (tertiary alicyclic amines) is 1. The van der Waals surface area contributed by atoms with Crippen LogP contribution in [-0.4, -0.2) is 57.1 Å². The zero-order chi connectivity index (χ0) is 23.0. The van der Waals surface area contributed by atoms with Crippen molar-refractivity contribution in [2.75, 3.05) is 45.7 Å². The van der Waals surface area contributed by atoms with Crippen LogP contribution in [0.5, 0.6) is 5.75 Å². The Balaban J connectivity index is 1.43. The van der Waals surface area contributed by atoms with E-state index in [9.17, 15) is 4.79 Å². The van der Waals surface area contributed by atoms with E-state index in [1.807, 2.05) is 30.3 Å². The Kier molecular flexibility index (Phi) is 7.83. The molecule has 7 nitrogen and oxygen atoms in total. The molecule has 7 heteroatoms. The minimum Gasteiger partial charge on any atom is -0.496 e. The number of hydrogen-bond donors (Lipinski definition) is 3. The second kappa shape index (κ2) is 11.2. The first-order chi connectivity index (χ1) is 16.2. The summed E-state index contributed by atoms with van der Waals surface area (Å²) >= 11 is 0. The highest BCUT2D eigenvalue weighted by atomic mass is 16.5. The molecule has 3 N–H and O–H groups in total. The van der Waals surface area contributed by atoms with Crippen LogP contribution in [0.3, 0.4) is 0 Å². The van der Waals surface area contributed by atoms with Crippen molar-refractivity contribution in [2.24, 2.45) is 4.99 Å². The van der Waals surface area contributed by atoms with Crippen molar-refractivity contribution in [3.63, 3.8) is 0 Å². The number of anilines is 1. The van der Waals surface area contributed by atoms with Gasteiger partial charge in [-0.1, -0.05) is 42.8 Å². The molecule has 0 aromatic heterocycles. The Bertz CT molecular complexity index is 971. The first kappa shape index (κ1) is 23.1. The Labute approximate surface area is 196 Å². The molecule has 0 radical (unpaired) electrons. The van der Waals surface area contributed by atoms with E-state index in [2.05, 4.69) is 44.0 Å². The lowest BCUT2D eigenvalue weighted by atomic mass is 9.90. The highest BCUT2D eigenvalue weighted by Crippen LogP contribution is 2.32. The molecule has 33 heavy (non-hydrogen) atoms. The zero-order valence-electron chi connectivity index (χ0n) is 19.6. The standard InChI is InChI=1S/C26H35N5O2/c1-27-26(28-17-19-16-25(32)30-22-12-6-4-10-20(19)22)29-18-23(31-14-8-3-9-15-31)21-11-5-7-13-24(21)33-2/h4-7,10-13,19,23H,3,8-9,14-18H2,1-2H3,(H,30,32)(H2,27,28,29). The first-order valence-electron chi connectivity index (χ1n) is 11.9. The summed E-state index contributed by atoms with van der Waals surface area (Å²) in [5.74, 6) is 1.84. The molecule has 0 spiro atoms. The summed E-state index contributed by atoms with van der Waals surface area (Å²) in [7, 11) is 3.52. The fourth-order valence-corrected chi connectivity index (χ4v) is 4.93. The molecule has 2 unspecified atom stereocenters. The third-order valence-corrected chi connectivity index (χ3v) is 6.64. The molecule has 0 aliphatic carbocycles. The van der Waals surface area contributed by atoms with E-state index in [-0.39, 0.29) is 17.9 Å². The van der Waals surface area contributed by atoms with Crippen molar-refractivity contribution in [1.82, 2.24) is 15.5 Å². The van der Waals surface area contributed by atoms with Crippen LogP contribution in [0.4, 0.5) is 5.69 Å². The number of nitrogens with zero attached hydrogens (tertiary/aromatic N) is 2. The molecule has 2 aromatic rings. The number of nitrogens with one attached hydrogen (secondary N) is 3. The van der Waals surface area contributed by atoms with Crippen molar-refractivity contribution in [2.45, 2.75) is 37.6 Å². The Morgan fingerprint density at radius 1 is 1.12 bits per heavy atom. The Morgan fingerprint density at radius 3 is 2.67 bits per heavy atom. The summed E-state index contributed by atoms with van der Waals surface area (Å²) in [5.41, 5.74) is 3.27. The molecule has 1 saturated heterocycles. The highest BCUT2D eigenvalue weighted by molar-refractivity contribution is 5.94. The second-order valence-electron chi connectivity index (χ2n) is 8.72. The number of hydrogen-bond acceptors (Lipinski definition) is 4. The number of para-hydroxylation sites is 2. The molecule has 1 fully saturated rings. The largest absolute Gasteiger partial charge is 0.496 e. The lowest BCUT2D eigenvalue weighted by Gasteiger charge is -2.36. The fraction of sp³-hybridized carbons (Fsp3) is 0.462. The van der Waals surface area contributed by atoms with Crippen LogP contribution in [-0.2, 0) is 4.79 Å². The van der Waals surface area contributed by atoms with Crippen LogP contribution in [0, 0.1) is 0 Å². The van der Waals surface area contributed by atoms with Gasteiger partial charge in [0.25, 0.3) is 0 Å². The first-order valence-corrected chi connectivity index (χ1v) is 11.9. The summed E-state index contributed by atoms with van der Waals surface area (Å²) in [6, 6.07) is 16.5. The van der Waals surface area contributed by atoms with Gasteiger partial charge in [0.15, 0.2) is 5.96 Å². The molecule has 2 aliphatic rings. The van der Waals surface area contributed by atoms with Crippen LogP contribution in [0.2, 0.25) is 0 Å². The number of amides is 1. The normalized spacial score (nSPS) is 19.9. The average molecular weight is 450 g/mol. The molecule has 4 rings (SSSR count). The van der Waals surface area contributed by atoms with Gasteiger partial charge in [-0.15, -0.1) is 0 Å². The number of ether oxygens (including phenoxy) is 1. The van der Waals surface area contributed by atoms with Gasteiger partial charge in [0.2, 0.25) is 5.91 Å². The van der Waals surface area contributed by atoms with Gasteiger partial charge < -0.3 is 20.7 Å². The molecule has 1 amide bonds. The van der Waals surface area contributed by atoms with Gasteiger partial charge in [-0.05, 0) is 43.6 Å². The van der Waals surface area contributed by atoms with E-state index >= 15 is 0 Å². The van der Waals surface area contributed by atoms with Crippen molar-refractivity contribution < 1.29 is 9.53 Å². The van der Waals surface area contributed by atoms with Gasteiger partial charge in [0.1, 0.15) is 5.75 Å². The summed E-state index contributed by atoms with van der Waals surface area (Å²) in [5, 5.41) is 9.95. The van der Waals surface area contributed by atoms with Crippen molar-refractivity contribution >= 4 is 17.6 Å². The maximum Gasteiger partial charge on any atom is 0.225 e. The maximum absolute atomic E-state index is 12.2. The predicted molar refractivity (Wildman–Crippen MR) is 133 cm³/mol. The predicted octanol–water partition coefficient (Wildman–Crippen LogP) is 3.51. The minimum absolute atomic E-state index is 0.0600. The Hall–Kier alpha value is -3.06. The Morgan fingerprint density at radius 2 is 1.88 bits per heavy atom. The molecule has 0 saturated carbocycles. The lowest BCUT2D eigenvalue weighted by molar-refractivity contribution is -0.116. The number of guanidine groups is 1. The molecule has 0 bridgehead atoms. The van der Waals surface area contributed by atoms with E-state index in [1.54, 1.807) is 14.2 Å². The molecule has 2 atom stereocenters. The van der Waals surface area contributed by atoms with Gasteiger partial charge in [0.05, 0.1) is 13.2 Å². The number of carbonyl (C=O) groups excluding carboxylic acids is 1. The van der Waals surface area contributed by atoms with E-state index < -0.39 is 0 Å². The zero-order valence-corrected chi connectivity index (χ0v) is 19.6. The van der Waals surface area contributed by atoms with Crippen LogP contribution in [0.1, 0.15) is 48.8 Å². The quantitative estimate of drug-likeness (QED) is 0.445. The van der Waals surface area contributed by atoms with Crippen LogP contribution in [0.25, 0.3) is 0 Å². The molecular formula is C26H35N5O2. The molecule has 2 heterocycles. The summed E-state index contributed by atoms with van der Waals surface area (Å²) < 4.78 is 5.68. The van der Waals surface area contributed by atoms with Crippen LogP contribution < -0.4 is 20.7 Å². The number of piperidine rings is 1. The number of methoxy groups -OCH3 is 1. The fourth-order valence-electron chi connectivity index (χ4n) is 4.93. The number of fused-ring (bicyclic) bond motifs is 1. The monoisotopic (exact) mass is 449 g/mol. The van der Waals surface area contributed by atoms with E-state index in [4.69, 9.17) is 4.74 Å². The van der Waals surface area contributed by atoms with Crippen molar-refractivity contribution in [1.29, 1.82) is 0 Å². The SMILES string of the molecule is CN=C(NCC1CC(=O)Nc2ccccc21)NCC(c1ccccc1OC)N1CCCCC1. The maximum atomic E-state index is 12.2.